The largest absolute Gasteiger partial charge is 0.365 e. The molecular weight excluding hydrogens is 359 g/mol. The van der Waals surface area contributed by atoms with Gasteiger partial charge in [0, 0.05) is 45.3 Å². The van der Waals surface area contributed by atoms with Gasteiger partial charge in [0.15, 0.2) is 0 Å². The van der Waals surface area contributed by atoms with E-state index in [4.69, 9.17) is 11.6 Å². The maximum Gasteiger partial charge on any atom is 0.227 e. The van der Waals surface area contributed by atoms with Crippen molar-refractivity contribution in [1.82, 2.24) is 19.7 Å². The van der Waals surface area contributed by atoms with Crippen molar-refractivity contribution < 1.29 is 9.59 Å². The van der Waals surface area contributed by atoms with Crippen LogP contribution in [0.2, 0.25) is 5.15 Å². The third-order valence-electron chi connectivity index (χ3n) is 4.22. The molecule has 5 rings (SSSR count). The first-order valence-electron chi connectivity index (χ1n) is 8.22. The molecule has 0 bridgehead atoms. The van der Waals surface area contributed by atoms with Gasteiger partial charge in [-0.3, -0.25) is 9.59 Å². The van der Waals surface area contributed by atoms with Crippen molar-refractivity contribution in [2.75, 3.05) is 39.3 Å². The maximum absolute atomic E-state index is 12.4. The van der Waals surface area contributed by atoms with Crippen molar-refractivity contribution in [3.8, 4) is 0 Å². The Bertz CT molecular complexity index is 793. The fourth-order valence-electron chi connectivity index (χ4n) is 2.70. The number of carbonyl (C=O) groups is 2. The van der Waals surface area contributed by atoms with Gasteiger partial charge >= 0.3 is 0 Å². The average Bonchev–Trinajstić information content (AvgIpc) is 3.43. The first kappa shape index (κ1) is 16.6. The van der Waals surface area contributed by atoms with Crippen LogP contribution in [0.25, 0.3) is 0 Å². The van der Waals surface area contributed by atoms with E-state index in [0.717, 1.165) is 44.7 Å². The lowest BCUT2D eigenvalue weighted by Crippen LogP contribution is -2.29. The van der Waals surface area contributed by atoms with Crippen LogP contribution in [-0.4, -0.2) is 70.5 Å². The summed E-state index contributed by atoms with van der Waals surface area (Å²) in [5.74, 6) is 0.0485. The molecular formula is C17H18ClN4O2P. The Kier molecular flexibility index (Phi) is 4.26. The summed E-state index contributed by atoms with van der Waals surface area (Å²) in [5.41, 5.74) is 2.76. The zero-order valence-electron chi connectivity index (χ0n) is 13.6. The van der Waals surface area contributed by atoms with E-state index < -0.39 is 0 Å². The van der Waals surface area contributed by atoms with Gasteiger partial charge in [-0.05, 0) is 12.1 Å². The summed E-state index contributed by atoms with van der Waals surface area (Å²) in [6.45, 7) is 5.41. The van der Waals surface area contributed by atoms with Crippen LogP contribution in [0.4, 0.5) is 0 Å². The Labute approximate surface area is 153 Å². The second-order valence-electron chi connectivity index (χ2n) is 6.27. The minimum Gasteiger partial charge on any atom is -0.365 e. The van der Waals surface area contributed by atoms with E-state index in [2.05, 4.69) is 14.2 Å². The SMILES string of the molecule is O=C1C=C(N2CC2)C(=O)C(N2CC2)=C1N1CC1.Pc1cccc(Cl)n1. The molecule has 1 unspecified atom stereocenters. The Hall–Kier alpha value is -1.91. The van der Waals surface area contributed by atoms with Gasteiger partial charge in [0.05, 0.1) is 11.1 Å². The molecule has 1 atom stereocenters. The Morgan fingerprint density at radius 3 is 2.00 bits per heavy atom. The fraction of sp³-hybridized carbons (Fsp3) is 0.353. The summed E-state index contributed by atoms with van der Waals surface area (Å²) < 4.78 is 0. The third-order valence-corrected chi connectivity index (χ3v) is 4.76. The van der Waals surface area contributed by atoms with E-state index in [9.17, 15) is 9.59 Å². The number of aromatic nitrogens is 1. The molecule has 0 radical (unpaired) electrons. The van der Waals surface area contributed by atoms with Gasteiger partial charge in [-0.2, -0.15) is 0 Å². The summed E-state index contributed by atoms with van der Waals surface area (Å²) in [7, 11) is 2.47. The number of hydrogen-bond acceptors (Lipinski definition) is 6. The molecule has 6 nitrogen and oxygen atoms in total. The van der Waals surface area contributed by atoms with Crippen LogP contribution in [0.15, 0.2) is 41.4 Å². The van der Waals surface area contributed by atoms with Crippen LogP contribution >= 0.6 is 20.8 Å². The zero-order valence-corrected chi connectivity index (χ0v) is 15.5. The number of hydrogen-bond donors (Lipinski definition) is 0. The van der Waals surface area contributed by atoms with Crippen LogP contribution in [0.5, 0.6) is 0 Å². The van der Waals surface area contributed by atoms with Crippen LogP contribution in [-0.2, 0) is 9.59 Å². The summed E-state index contributed by atoms with van der Waals surface area (Å²) in [6, 6.07) is 5.48. The quantitative estimate of drug-likeness (QED) is 0.330. The van der Waals surface area contributed by atoms with Gasteiger partial charge in [0.1, 0.15) is 16.5 Å². The van der Waals surface area contributed by atoms with Gasteiger partial charge in [-0.25, -0.2) is 4.98 Å². The van der Waals surface area contributed by atoms with Crippen molar-refractivity contribution in [3.05, 3.63) is 46.5 Å². The molecule has 0 N–H and O–H groups in total. The van der Waals surface area contributed by atoms with E-state index in [0.29, 0.717) is 22.2 Å². The van der Waals surface area contributed by atoms with Gasteiger partial charge in [-0.15, -0.1) is 0 Å². The molecule has 1 aliphatic carbocycles. The number of ketones is 2. The van der Waals surface area contributed by atoms with Crippen LogP contribution in [0.1, 0.15) is 0 Å². The van der Waals surface area contributed by atoms with Crippen molar-refractivity contribution in [2.45, 2.75) is 0 Å². The zero-order chi connectivity index (χ0) is 17.6. The number of halogens is 1. The predicted octanol–water partition coefficient (Wildman–Crippen LogP) is 0.416. The smallest absolute Gasteiger partial charge is 0.227 e. The highest BCUT2D eigenvalue weighted by molar-refractivity contribution is 7.26. The Balaban J connectivity index is 0.000000166. The van der Waals surface area contributed by atoms with Gasteiger partial charge < -0.3 is 14.7 Å². The fourth-order valence-corrected chi connectivity index (χ4v) is 3.20. The standard InChI is InChI=1S/C12H13N3O2.C5H5ClNP/c16-9-7-8(13-1-2-13)12(17)11(15-5-6-15)10(9)14-3-4-14;6-4-2-1-3-5(8)7-4/h7H,1-6H2;1-3H,8H2. The lowest BCUT2D eigenvalue weighted by atomic mass is 10.0. The number of carbonyl (C=O) groups excluding carboxylic acids is 2. The monoisotopic (exact) mass is 376 g/mol. The van der Waals surface area contributed by atoms with Crippen molar-refractivity contribution in [3.63, 3.8) is 0 Å². The van der Waals surface area contributed by atoms with Crippen molar-refractivity contribution >= 4 is 37.8 Å². The molecule has 0 saturated carbocycles. The second-order valence-corrected chi connectivity index (χ2v) is 7.25. The lowest BCUT2D eigenvalue weighted by Gasteiger charge is -2.21. The minimum atomic E-state index is 0.00546. The molecule has 3 fully saturated rings. The molecule has 4 heterocycles. The van der Waals surface area contributed by atoms with E-state index in [1.165, 1.54) is 6.08 Å². The Morgan fingerprint density at radius 1 is 0.920 bits per heavy atom. The second kappa shape index (κ2) is 6.43. The molecule has 1 aromatic rings. The lowest BCUT2D eigenvalue weighted by molar-refractivity contribution is -0.117. The van der Waals surface area contributed by atoms with Crippen LogP contribution in [0, 0.1) is 0 Å². The van der Waals surface area contributed by atoms with Crippen molar-refractivity contribution in [1.29, 1.82) is 0 Å². The van der Waals surface area contributed by atoms with Crippen molar-refractivity contribution in [2.24, 2.45) is 0 Å². The highest BCUT2D eigenvalue weighted by atomic mass is 35.5. The maximum atomic E-state index is 12.4. The molecule has 3 saturated heterocycles. The van der Waals surface area contributed by atoms with E-state index in [1.807, 2.05) is 26.8 Å². The third kappa shape index (κ3) is 3.70. The van der Waals surface area contributed by atoms with E-state index in [1.54, 1.807) is 6.07 Å². The summed E-state index contributed by atoms with van der Waals surface area (Å²) in [5, 5.41) is 0.539. The highest BCUT2D eigenvalue weighted by Gasteiger charge is 2.43. The molecule has 3 aliphatic heterocycles. The summed E-state index contributed by atoms with van der Waals surface area (Å²) in [6.07, 6.45) is 1.52. The highest BCUT2D eigenvalue weighted by Crippen LogP contribution is 2.33. The molecule has 0 spiro atoms. The molecule has 0 amide bonds. The summed E-state index contributed by atoms with van der Waals surface area (Å²) in [4.78, 5) is 34.4. The van der Waals surface area contributed by atoms with Crippen LogP contribution < -0.4 is 5.44 Å². The molecule has 1 aromatic heterocycles. The van der Waals surface area contributed by atoms with E-state index in [-0.39, 0.29) is 11.6 Å². The van der Waals surface area contributed by atoms with Gasteiger partial charge in [0.2, 0.25) is 11.6 Å². The number of allylic oxidation sites excluding steroid dienone is 1. The minimum absolute atomic E-state index is 0.00546. The molecule has 0 aromatic carbocycles. The first-order chi connectivity index (χ1) is 12.0. The summed E-state index contributed by atoms with van der Waals surface area (Å²) >= 11 is 5.52. The number of Topliss-reactive ketones (excluding diaryl/α,β-unsaturated/α-hetero) is 1. The molecule has 4 aliphatic rings. The molecule has 8 heteroatoms. The average molecular weight is 377 g/mol. The van der Waals surface area contributed by atoms with Crippen LogP contribution in [0.3, 0.4) is 0 Å². The van der Waals surface area contributed by atoms with E-state index >= 15 is 0 Å². The number of pyridine rings is 1. The normalized spacial score (nSPS) is 21.0. The first-order valence-corrected chi connectivity index (χ1v) is 9.18. The topological polar surface area (TPSA) is 56.1 Å². The number of rotatable bonds is 3. The van der Waals surface area contributed by atoms with Gasteiger partial charge in [-0.1, -0.05) is 26.9 Å². The van der Waals surface area contributed by atoms with Gasteiger partial charge in [0.25, 0.3) is 0 Å². The molecule has 25 heavy (non-hydrogen) atoms. The Morgan fingerprint density at radius 2 is 1.52 bits per heavy atom. The predicted molar refractivity (Wildman–Crippen MR) is 98.4 cm³/mol. The molecule has 130 valence electrons. The number of nitrogens with zero attached hydrogens (tertiary/aromatic N) is 4.